The molecule has 0 heterocycles. The Bertz CT molecular complexity index is 939. The highest BCUT2D eigenvalue weighted by Crippen LogP contribution is 2.20. The molecule has 0 aliphatic carbocycles. The van der Waals surface area contributed by atoms with Crippen LogP contribution in [0.4, 0.5) is 11.4 Å². The molecule has 1 amide bonds. The van der Waals surface area contributed by atoms with Crippen LogP contribution in [0.15, 0.2) is 48.5 Å². The van der Waals surface area contributed by atoms with Crippen LogP contribution < -0.4 is 10.0 Å². The van der Waals surface area contributed by atoms with E-state index in [0.717, 1.165) is 12.7 Å². The van der Waals surface area contributed by atoms with Crippen LogP contribution in [-0.4, -0.2) is 33.2 Å². The minimum Gasteiger partial charge on any atom is -0.452 e. The van der Waals surface area contributed by atoms with Crippen molar-refractivity contribution < 1.29 is 22.7 Å². The molecule has 0 radical (unpaired) electrons. The first-order chi connectivity index (χ1) is 13.2. The Hall–Kier alpha value is -2.87. The van der Waals surface area contributed by atoms with Crippen molar-refractivity contribution in [3.8, 4) is 0 Å². The van der Waals surface area contributed by atoms with Gasteiger partial charge in [0.1, 0.15) is 0 Å². The maximum Gasteiger partial charge on any atom is 0.340 e. The molecule has 0 aromatic heterocycles. The van der Waals surface area contributed by atoms with E-state index in [9.17, 15) is 18.0 Å². The lowest BCUT2D eigenvalue weighted by atomic mass is 9.99. The monoisotopic (exact) mass is 404 g/mol. The van der Waals surface area contributed by atoms with Crippen molar-refractivity contribution >= 4 is 33.3 Å². The second-order valence-electron chi connectivity index (χ2n) is 6.48. The molecule has 7 nitrogen and oxygen atoms in total. The zero-order valence-corrected chi connectivity index (χ0v) is 16.9. The van der Waals surface area contributed by atoms with E-state index in [2.05, 4.69) is 23.9 Å². The molecule has 0 aliphatic heterocycles. The number of hydrogen-bond acceptors (Lipinski definition) is 5. The molecule has 0 aliphatic rings. The predicted molar refractivity (Wildman–Crippen MR) is 109 cm³/mol. The number of esters is 1. The quantitative estimate of drug-likeness (QED) is 0.657. The molecule has 0 unspecified atom stereocenters. The van der Waals surface area contributed by atoms with Crippen molar-refractivity contribution in [2.45, 2.75) is 26.2 Å². The predicted octanol–water partition coefficient (Wildman–Crippen LogP) is 3.37. The van der Waals surface area contributed by atoms with Crippen LogP contribution in [0.2, 0.25) is 0 Å². The third-order valence-corrected chi connectivity index (χ3v) is 4.74. The molecule has 0 saturated carbocycles. The number of amides is 1. The zero-order chi connectivity index (χ0) is 20.7. The van der Waals surface area contributed by atoms with Gasteiger partial charge in [-0.2, -0.15) is 0 Å². The third-order valence-electron chi connectivity index (χ3n) is 4.15. The first-order valence-corrected chi connectivity index (χ1v) is 10.7. The fourth-order valence-electron chi connectivity index (χ4n) is 2.49. The van der Waals surface area contributed by atoms with Gasteiger partial charge < -0.3 is 10.1 Å². The third kappa shape index (κ3) is 6.38. The van der Waals surface area contributed by atoms with Gasteiger partial charge >= 0.3 is 5.97 Å². The van der Waals surface area contributed by atoms with Gasteiger partial charge in [0.2, 0.25) is 10.0 Å². The van der Waals surface area contributed by atoms with Gasteiger partial charge in [-0.05, 0) is 42.2 Å². The van der Waals surface area contributed by atoms with E-state index in [0.29, 0.717) is 11.6 Å². The van der Waals surface area contributed by atoms with Gasteiger partial charge in [-0.25, -0.2) is 13.2 Å². The SMILES string of the molecule is CC[C@@H](C)c1ccc(NC(=O)COC(=O)c2ccccc2NS(C)(=O)=O)cc1. The number of benzene rings is 2. The number of hydrogen-bond donors (Lipinski definition) is 2. The molecule has 8 heteroatoms. The van der Waals surface area contributed by atoms with Crippen molar-refractivity contribution in [2.75, 3.05) is 22.9 Å². The largest absolute Gasteiger partial charge is 0.452 e. The first-order valence-electron chi connectivity index (χ1n) is 8.83. The maximum atomic E-state index is 12.2. The minimum atomic E-state index is -3.55. The highest BCUT2D eigenvalue weighted by Gasteiger charge is 2.16. The highest BCUT2D eigenvalue weighted by atomic mass is 32.2. The van der Waals surface area contributed by atoms with Crippen molar-refractivity contribution in [2.24, 2.45) is 0 Å². The van der Waals surface area contributed by atoms with Crippen LogP contribution >= 0.6 is 0 Å². The number of ether oxygens (including phenoxy) is 1. The van der Waals surface area contributed by atoms with Crippen molar-refractivity contribution in [1.29, 1.82) is 0 Å². The molecule has 0 saturated heterocycles. The van der Waals surface area contributed by atoms with Crippen LogP contribution in [0.25, 0.3) is 0 Å². The zero-order valence-electron chi connectivity index (χ0n) is 16.1. The summed E-state index contributed by atoms with van der Waals surface area (Å²) in [4.78, 5) is 24.3. The normalized spacial score (nSPS) is 12.1. The standard InChI is InChI=1S/C20H24N2O5S/c1-4-14(2)15-9-11-16(12-10-15)21-19(23)13-27-20(24)17-7-5-6-8-18(17)22-28(3,25)26/h5-12,14,22H,4,13H2,1-3H3,(H,21,23)/t14-/m1/s1. The molecule has 0 bridgehead atoms. The summed E-state index contributed by atoms with van der Waals surface area (Å²) in [6, 6.07) is 13.5. The smallest absolute Gasteiger partial charge is 0.340 e. The van der Waals surface area contributed by atoms with Crippen LogP contribution in [0.1, 0.15) is 42.1 Å². The van der Waals surface area contributed by atoms with Gasteiger partial charge in [0, 0.05) is 5.69 Å². The van der Waals surface area contributed by atoms with E-state index < -0.39 is 28.5 Å². The second kappa shape index (κ2) is 9.36. The lowest BCUT2D eigenvalue weighted by Crippen LogP contribution is -2.22. The number of nitrogens with one attached hydrogen (secondary N) is 2. The number of carbonyl (C=O) groups excluding carboxylic acids is 2. The maximum absolute atomic E-state index is 12.2. The Labute approximate surface area is 165 Å². The fourth-order valence-corrected chi connectivity index (χ4v) is 3.06. The molecule has 28 heavy (non-hydrogen) atoms. The lowest BCUT2D eigenvalue weighted by molar-refractivity contribution is -0.119. The summed E-state index contributed by atoms with van der Waals surface area (Å²) in [7, 11) is -3.55. The van der Waals surface area contributed by atoms with Crippen molar-refractivity contribution in [1.82, 2.24) is 0 Å². The van der Waals surface area contributed by atoms with Crippen LogP contribution in [0, 0.1) is 0 Å². The molecule has 0 spiro atoms. The Kier molecular flexibility index (Phi) is 7.17. The van der Waals surface area contributed by atoms with Gasteiger partial charge in [-0.3, -0.25) is 9.52 Å². The molecule has 1 atom stereocenters. The van der Waals surface area contributed by atoms with Crippen LogP contribution in [0.5, 0.6) is 0 Å². The summed E-state index contributed by atoms with van der Waals surface area (Å²) >= 11 is 0. The number of rotatable bonds is 8. The Morgan fingerprint density at radius 1 is 1.07 bits per heavy atom. The molecule has 2 aromatic rings. The Morgan fingerprint density at radius 3 is 2.32 bits per heavy atom. The Morgan fingerprint density at radius 2 is 1.71 bits per heavy atom. The van der Waals surface area contributed by atoms with Gasteiger partial charge in [0.15, 0.2) is 6.61 Å². The summed E-state index contributed by atoms with van der Waals surface area (Å²) in [6.45, 7) is 3.75. The Balaban J connectivity index is 1.95. The molecule has 2 aromatic carbocycles. The molecule has 150 valence electrons. The lowest BCUT2D eigenvalue weighted by Gasteiger charge is -2.12. The van der Waals surface area contributed by atoms with E-state index in [-0.39, 0.29) is 11.3 Å². The number of para-hydroxylation sites is 1. The number of carbonyl (C=O) groups is 2. The molecule has 2 N–H and O–H groups in total. The van der Waals surface area contributed by atoms with Crippen LogP contribution in [0.3, 0.4) is 0 Å². The average Bonchev–Trinajstić information content (AvgIpc) is 2.65. The molecule has 0 fully saturated rings. The topological polar surface area (TPSA) is 102 Å². The van der Waals surface area contributed by atoms with E-state index in [1.165, 1.54) is 17.7 Å². The first kappa shape index (κ1) is 21.4. The average molecular weight is 404 g/mol. The number of sulfonamides is 1. The van der Waals surface area contributed by atoms with E-state index in [1.807, 2.05) is 12.1 Å². The van der Waals surface area contributed by atoms with Gasteiger partial charge in [-0.1, -0.05) is 38.1 Å². The molecule has 2 rings (SSSR count). The molecular weight excluding hydrogens is 380 g/mol. The van der Waals surface area contributed by atoms with Gasteiger partial charge in [0.25, 0.3) is 5.91 Å². The van der Waals surface area contributed by atoms with Gasteiger partial charge in [0.05, 0.1) is 17.5 Å². The van der Waals surface area contributed by atoms with Crippen LogP contribution in [-0.2, 0) is 19.6 Å². The van der Waals surface area contributed by atoms with E-state index in [1.54, 1.807) is 24.3 Å². The summed E-state index contributed by atoms with van der Waals surface area (Å²) in [5, 5.41) is 2.66. The fraction of sp³-hybridized carbons (Fsp3) is 0.300. The second-order valence-corrected chi connectivity index (χ2v) is 8.22. The summed E-state index contributed by atoms with van der Waals surface area (Å²) in [5.41, 5.74) is 1.91. The summed E-state index contributed by atoms with van der Waals surface area (Å²) in [5.74, 6) is -0.849. The van der Waals surface area contributed by atoms with Crippen molar-refractivity contribution in [3.05, 3.63) is 59.7 Å². The van der Waals surface area contributed by atoms with Crippen molar-refractivity contribution in [3.63, 3.8) is 0 Å². The van der Waals surface area contributed by atoms with E-state index in [4.69, 9.17) is 4.74 Å². The minimum absolute atomic E-state index is 0.0265. The highest BCUT2D eigenvalue weighted by molar-refractivity contribution is 7.92. The summed E-state index contributed by atoms with van der Waals surface area (Å²) < 4.78 is 30.1. The molecular formula is C20H24N2O5S. The summed E-state index contributed by atoms with van der Waals surface area (Å²) in [6.07, 6.45) is 2.01. The van der Waals surface area contributed by atoms with Gasteiger partial charge in [-0.15, -0.1) is 0 Å². The number of anilines is 2. The van der Waals surface area contributed by atoms with E-state index >= 15 is 0 Å².